The second-order valence-corrected chi connectivity index (χ2v) is 10.6. The largest absolute Gasteiger partial charge is 0.491 e. The lowest BCUT2D eigenvalue weighted by atomic mass is 9.98. The molecule has 1 amide bonds. The Bertz CT molecular complexity index is 1310. The zero-order chi connectivity index (χ0) is 25.5. The molecule has 37 heavy (non-hydrogen) atoms. The van der Waals surface area contributed by atoms with Crippen LogP contribution in [0.3, 0.4) is 0 Å². The third kappa shape index (κ3) is 4.58. The highest BCUT2D eigenvalue weighted by molar-refractivity contribution is 5.95. The lowest BCUT2D eigenvalue weighted by molar-refractivity contribution is 0.0594. The van der Waals surface area contributed by atoms with Gasteiger partial charge >= 0.3 is 0 Å². The SMILES string of the molecule is Cc1ccc2c(n1)C(=O)N1CCCCC1c1cc3nc(N4CC[C@H](N)C4)cc(n3n1)N(C)CCCCO2. The van der Waals surface area contributed by atoms with Crippen LogP contribution >= 0.6 is 0 Å². The molecule has 2 fully saturated rings. The Morgan fingerprint density at radius 2 is 1.89 bits per heavy atom. The number of piperidine rings is 1. The van der Waals surface area contributed by atoms with Crippen LogP contribution in [0.5, 0.6) is 5.75 Å². The zero-order valence-electron chi connectivity index (χ0n) is 21.8. The van der Waals surface area contributed by atoms with Crippen LogP contribution in [-0.4, -0.2) is 76.3 Å². The van der Waals surface area contributed by atoms with E-state index in [0.717, 1.165) is 86.8 Å². The van der Waals surface area contributed by atoms with Crippen LogP contribution in [0.25, 0.3) is 5.65 Å². The fourth-order valence-corrected chi connectivity index (χ4v) is 5.74. The summed E-state index contributed by atoms with van der Waals surface area (Å²) in [4.78, 5) is 30.0. The molecule has 0 aliphatic carbocycles. The molecule has 3 aliphatic rings. The number of carbonyl (C=O) groups is 1. The summed E-state index contributed by atoms with van der Waals surface area (Å²) in [5.41, 5.74) is 9.09. The summed E-state index contributed by atoms with van der Waals surface area (Å²) in [6.07, 6.45) is 5.64. The van der Waals surface area contributed by atoms with Crippen molar-refractivity contribution >= 4 is 23.2 Å². The molecule has 0 aromatic carbocycles. The molecule has 10 nitrogen and oxygen atoms in total. The van der Waals surface area contributed by atoms with E-state index >= 15 is 0 Å². The van der Waals surface area contributed by atoms with Gasteiger partial charge in [-0.2, -0.15) is 9.61 Å². The van der Waals surface area contributed by atoms with Crippen LogP contribution in [0.15, 0.2) is 24.3 Å². The molecule has 2 saturated heterocycles. The van der Waals surface area contributed by atoms with Crippen molar-refractivity contribution in [3.63, 3.8) is 0 Å². The predicted octanol–water partition coefficient (Wildman–Crippen LogP) is 2.95. The molecule has 2 bridgehead atoms. The normalized spacial score (nSPS) is 23.0. The maximum Gasteiger partial charge on any atom is 0.276 e. The van der Waals surface area contributed by atoms with Crippen molar-refractivity contribution in [3.05, 3.63) is 41.3 Å². The summed E-state index contributed by atoms with van der Waals surface area (Å²) < 4.78 is 8.05. The maximum atomic E-state index is 13.9. The lowest BCUT2D eigenvalue weighted by Gasteiger charge is -2.34. The Balaban J connectivity index is 1.46. The minimum Gasteiger partial charge on any atom is -0.491 e. The minimum absolute atomic E-state index is 0.0904. The smallest absolute Gasteiger partial charge is 0.276 e. The molecule has 0 spiro atoms. The van der Waals surface area contributed by atoms with Gasteiger partial charge in [-0.05, 0) is 57.6 Å². The number of nitrogens with zero attached hydrogens (tertiary/aromatic N) is 7. The Morgan fingerprint density at radius 3 is 2.73 bits per heavy atom. The molecule has 2 N–H and O–H groups in total. The van der Waals surface area contributed by atoms with Gasteiger partial charge in [-0.3, -0.25) is 4.79 Å². The molecule has 6 rings (SSSR count). The number of aryl methyl sites for hydroxylation is 1. The molecule has 3 aromatic heterocycles. The quantitative estimate of drug-likeness (QED) is 0.539. The van der Waals surface area contributed by atoms with Gasteiger partial charge in [0.2, 0.25) is 0 Å². The number of ether oxygens (including phenoxy) is 1. The van der Waals surface area contributed by atoms with Gasteiger partial charge in [0.1, 0.15) is 11.6 Å². The van der Waals surface area contributed by atoms with Crippen LogP contribution in [0.4, 0.5) is 11.6 Å². The van der Waals surface area contributed by atoms with Gasteiger partial charge in [-0.25, -0.2) is 9.97 Å². The van der Waals surface area contributed by atoms with Gasteiger partial charge < -0.3 is 25.2 Å². The Morgan fingerprint density at radius 1 is 1.03 bits per heavy atom. The van der Waals surface area contributed by atoms with Gasteiger partial charge in [0.05, 0.1) is 18.3 Å². The summed E-state index contributed by atoms with van der Waals surface area (Å²) in [5.74, 6) is 2.40. The van der Waals surface area contributed by atoms with E-state index in [1.165, 1.54) is 0 Å². The summed E-state index contributed by atoms with van der Waals surface area (Å²) in [7, 11) is 2.10. The molecule has 3 aliphatic heterocycles. The number of carbonyl (C=O) groups excluding carboxylic acids is 1. The third-order valence-corrected chi connectivity index (χ3v) is 7.80. The summed E-state index contributed by atoms with van der Waals surface area (Å²) >= 11 is 0. The van der Waals surface area contributed by atoms with Crippen molar-refractivity contribution in [3.8, 4) is 5.75 Å². The highest BCUT2D eigenvalue weighted by Gasteiger charge is 2.33. The van der Waals surface area contributed by atoms with E-state index in [-0.39, 0.29) is 18.0 Å². The van der Waals surface area contributed by atoms with Gasteiger partial charge in [0.25, 0.3) is 5.91 Å². The molecule has 10 heteroatoms. The number of aromatic nitrogens is 4. The average Bonchev–Trinajstić information content (AvgIpc) is 3.53. The highest BCUT2D eigenvalue weighted by atomic mass is 16.5. The Labute approximate surface area is 217 Å². The topological polar surface area (TPSA) is 105 Å². The van der Waals surface area contributed by atoms with Crippen molar-refractivity contribution in [1.82, 2.24) is 24.5 Å². The minimum atomic E-state index is -0.134. The monoisotopic (exact) mass is 504 g/mol. The van der Waals surface area contributed by atoms with Gasteiger partial charge in [-0.15, -0.1) is 0 Å². The predicted molar refractivity (Wildman–Crippen MR) is 142 cm³/mol. The first-order valence-electron chi connectivity index (χ1n) is 13.5. The van der Waals surface area contributed by atoms with Crippen LogP contribution in [-0.2, 0) is 0 Å². The average molecular weight is 505 g/mol. The van der Waals surface area contributed by atoms with Crippen LogP contribution < -0.4 is 20.3 Å². The number of amides is 1. The first-order chi connectivity index (χ1) is 18.0. The lowest BCUT2D eigenvalue weighted by Crippen LogP contribution is -2.39. The number of hydrogen-bond acceptors (Lipinski definition) is 8. The van der Waals surface area contributed by atoms with E-state index < -0.39 is 0 Å². The van der Waals surface area contributed by atoms with Crippen molar-refractivity contribution in [1.29, 1.82) is 0 Å². The van der Waals surface area contributed by atoms with E-state index in [9.17, 15) is 4.79 Å². The number of pyridine rings is 1. The van der Waals surface area contributed by atoms with E-state index in [2.05, 4.69) is 34.0 Å². The fourth-order valence-electron chi connectivity index (χ4n) is 5.74. The fraction of sp³-hybridized carbons (Fsp3) is 0.556. The summed E-state index contributed by atoms with van der Waals surface area (Å²) in [5, 5.41) is 5.05. The summed E-state index contributed by atoms with van der Waals surface area (Å²) in [6, 6.07) is 8.01. The second-order valence-electron chi connectivity index (χ2n) is 10.6. The highest BCUT2D eigenvalue weighted by Crippen LogP contribution is 2.35. The van der Waals surface area contributed by atoms with Crippen molar-refractivity contribution in [2.24, 2.45) is 5.73 Å². The van der Waals surface area contributed by atoms with E-state index in [1.54, 1.807) is 0 Å². The number of hydrogen-bond donors (Lipinski definition) is 1. The van der Waals surface area contributed by atoms with Crippen molar-refractivity contribution in [2.75, 3.05) is 49.6 Å². The van der Waals surface area contributed by atoms with Crippen LogP contribution in [0.2, 0.25) is 0 Å². The Kier molecular flexibility index (Phi) is 6.36. The summed E-state index contributed by atoms with van der Waals surface area (Å²) in [6.45, 7) is 5.68. The Hall–Kier alpha value is -3.40. The number of anilines is 2. The van der Waals surface area contributed by atoms with Crippen molar-refractivity contribution in [2.45, 2.75) is 57.5 Å². The molecule has 3 aromatic rings. The molecule has 6 heterocycles. The molecule has 196 valence electrons. The van der Waals surface area contributed by atoms with Gasteiger partial charge in [0, 0.05) is 57.1 Å². The van der Waals surface area contributed by atoms with E-state index in [1.807, 2.05) is 28.5 Å². The van der Waals surface area contributed by atoms with Crippen LogP contribution in [0, 0.1) is 6.92 Å². The number of fused-ring (bicyclic) bond motifs is 4. The van der Waals surface area contributed by atoms with Gasteiger partial charge in [0.15, 0.2) is 17.1 Å². The standard InChI is InChI=1S/C27H36N8O2/c1-18-8-9-22-26(29-18)27(36)34-12-4-3-7-21(34)20-15-24-30-23(33-13-10-19(28)17-33)16-25(35(24)31-20)32(2)11-5-6-14-37-22/h8-9,15-16,19,21H,3-7,10-14,17,28H2,1-2H3/t19-,21?/m0/s1. The first-order valence-corrected chi connectivity index (χ1v) is 13.5. The number of nitrogens with two attached hydrogens (primary N) is 1. The van der Waals surface area contributed by atoms with Crippen molar-refractivity contribution < 1.29 is 9.53 Å². The van der Waals surface area contributed by atoms with Crippen LogP contribution in [0.1, 0.15) is 66.4 Å². The first kappa shape index (κ1) is 24.0. The van der Waals surface area contributed by atoms with E-state index in [4.69, 9.17) is 20.6 Å². The zero-order valence-corrected chi connectivity index (χ0v) is 21.8. The van der Waals surface area contributed by atoms with Gasteiger partial charge in [-0.1, -0.05) is 0 Å². The molecular formula is C27H36N8O2. The maximum absolute atomic E-state index is 13.9. The number of rotatable bonds is 1. The molecule has 0 radical (unpaired) electrons. The molecule has 0 saturated carbocycles. The second kappa shape index (κ2) is 9.81. The van der Waals surface area contributed by atoms with E-state index in [0.29, 0.717) is 24.6 Å². The molecular weight excluding hydrogens is 468 g/mol. The molecule has 1 unspecified atom stereocenters. The molecule has 2 atom stereocenters. The third-order valence-electron chi connectivity index (χ3n) is 7.80.